The van der Waals surface area contributed by atoms with Gasteiger partial charge < -0.3 is 14.0 Å². The molecule has 0 atom stereocenters. The zero-order chi connectivity index (χ0) is 28.7. The lowest BCUT2D eigenvalue weighted by Crippen LogP contribution is -2.44. The summed E-state index contributed by atoms with van der Waals surface area (Å²) >= 11 is 6.80. The van der Waals surface area contributed by atoms with Crippen LogP contribution in [0.1, 0.15) is 59.1 Å². The summed E-state index contributed by atoms with van der Waals surface area (Å²) in [6.45, 7) is 22.3. The molecule has 37 heavy (non-hydrogen) atoms. The molecule has 0 fully saturated rings. The maximum atomic E-state index is 10.5. The summed E-state index contributed by atoms with van der Waals surface area (Å²) in [5.41, 5.74) is 2.12. The Hall–Kier alpha value is -1.36. The van der Waals surface area contributed by atoms with Crippen molar-refractivity contribution in [3.05, 3.63) is 63.0 Å². The molecule has 0 heterocycles. The summed E-state index contributed by atoms with van der Waals surface area (Å²) in [5, 5.41) is 9.03. The van der Waals surface area contributed by atoms with E-state index >= 15 is 0 Å². The minimum absolute atomic E-state index is 0.169. The van der Waals surface area contributed by atoms with Crippen molar-refractivity contribution in [3.8, 4) is 11.5 Å². The summed E-state index contributed by atoms with van der Waals surface area (Å²) in [6, 6.07) is 15.9. The summed E-state index contributed by atoms with van der Waals surface area (Å²) in [4.78, 5) is 10.5. The predicted molar refractivity (Wildman–Crippen MR) is 170 cm³/mol. The third-order valence-electron chi connectivity index (χ3n) is 7.09. The van der Waals surface area contributed by atoms with Gasteiger partial charge >= 0.3 is 5.97 Å². The maximum absolute atomic E-state index is 10.5. The Morgan fingerprint density at radius 3 is 1.78 bits per heavy atom. The standard InChI is InChI=1S/C15H24O3Si.C14H20Br2OSi/c1-15(2,3)19(4,5)18-13-9-6-12(7-10-13)8-11-14(16)17;1-14(2,3)18(4,5)17-12-9-7-6-8-11(12)10-13(15)16/h6-7,9-10H,8,11H2,1-5H3,(H,16,17);6-10H,1-5H3. The molecular formula is C29H44Br2O4Si2. The fourth-order valence-electron chi connectivity index (χ4n) is 2.66. The van der Waals surface area contributed by atoms with Crippen molar-refractivity contribution in [2.75, 3.05) is 0 Å². The van der Waals surface area contributed by atoms with Gasteiger partial charge in [0.15, 0.2) is 0 Å². The highest BCUT2D eigenvalue weighted by Gasteiger charge is 2.39. The second-order valence-corrected chi connectivity index (χ2v) is 24.5. The number of carboxylic acids is 1. The van der Waals surface area contributed by atoms with E-state index in [1.165, 1.54) is 0 Å². The number of hydrogen-bond acceptors (Lipinski definition) is 3. The van der Waals surface area contributed by atoms with Gasteiger partial charge in [0.2, 0.25) is 8.32 Å². The summed E-state index contributed by atoms with van der Waals surface area (Å²) < 4.78 is 13.4. The van der Waals surface area contributed by atoms with Crippen LogP contribution in [0.5, 0.6) is 11.5 Å². The molecule has 2 aromatic carbocycles. The zero-order valence-electron chi connectivity index (χ0n) is 24.0. The third kappa shape index (κ3) is 11.5. The average molecular weight is 673 g/mol. The average Bonchev–Trinajstić information content (AvgIpc) is 2.73. The van der Waals surface area contributed by atoms with E-state index in [1.807, 2.05) is 48.5 Å². The Morgan fingerprint density at radius 2 is 1.32 bits per heavy atom. The highest BCUT2D eigenvalue weighted by atomic mass is 79.9. The van der Waals surface area contributed by atoms with Crippen molar-refractivity contribution in [2.45, 2.75) is 90.6 Å². The number of halogens is 2. The lowest BCUT2D eigenvalue weighted by Gasteiger charge is -2.36. The van der Waals surface area contributed by atoms with Gasteiger partial charge in [-0.05, 0) is 104 Å². The van der Waals surface area contributed by atoms with E-state index in [0.717, 1.165) is 26.0 Å². The van der Waals surface area contributed by atoms with Crippen molar-refractivity contribution in [1.82, 2.24) is 0 Å². The van der Waals surface area contributed by atoms with Crippen LogP contribution >= 0.6 is 31.9 Å². The van der Waals surface area contributed by atoms with E-state index in [2.05, 4.69) is 106 Å². The molecule has 0 spiro atoms. The SMILES string of the molecule is CC(C)(C)[Si](C)(C)Oc1ccc(CCC(=O)O)cc1.CC(C)(C)[Si](C)(C)Oc1ccccc1C=C(Br)Br. The summed E-state index contributed by atoms with van der Waals surface area (Å²) in [5.74, 6) is 1.08. The topological polar surface area (TPSA) is 55.8 Å². The first kappa shape index (κ1) is 33.7. The molecule has 1 N–H and O–H groups in total. The Labute approximate surface area is 243 Å². The van der Waals surface area contributed by atoms with Gasteiger partial charge in [-0.15, -0.1) is 0 Å². The van der Waals surface area contributed by atoms with Gasteiger partial charge in [0.05, 0.1) is 3.39 Å². The lowest BCUT2D eigenvalue weighted by atomic mass is 10.1. The van der Waals surface area contributed by atoms with Gasteiger partial charge in [-0.2, -0.15) is 0 Å². The second kappa shape index (κ2) is 13.6. The minimum Gasteiger partial charge on any atom is -0.544 e. The molecule has 0 aliphatic rings. The first-order chi connectivity index (χ1) is 16.7. The third-order valence-corrected chi connectivity index (χ3v) is 16.2. The van der Waals surface area contributed by atoms with Crippen LogP contribution < -0.4 is 8.85 Å². The molecule has 0 saturated heterocycles. The number of para-hydroxylation sites is 1. The molecular weight excluding hydrogens is 628 g/mol. The van der Waals surface area contributed by atoms with Gasteiger partial charge in [0.1, 0.15) is 11.5 Å². The largest absolute Gasteiger partial charge is 0.544 e. The molecule has 8 heteroatoms. The lowest BCUT2D eigenvalue weighted by molar-refractivity contribution is -0.136. The molecule has 4 nitrogen and oxygen atoms in total. The van der Waals surface area contributed by atoms with Crippen molar-refractivity contribution in [1.29, 1.82) is 0 Å². The zero-order valence-corrected chi connectivity index (χ0v) is 29.2. The Balaban J connectivity index is 0.000000371. The van der Waals surface area contributed by atoms with Gasteiger partial charge in [0, 0.05) is 12.0 Å². The highest BCUT2D eigenvalue weighted by Crippen LogP contribution is 2.39. The molecule has 2 aromatic rings. The van der Waals surface area contributed by atoms with Crippen molar-refractivity contribution in [3.63, 3.8) is 0 Å². The van der Waals surface area contributed by atoms with Crippen LogP contribution in [-0.2, 0) is 11.2 Å². The Bertz CT molecular complexity index is 1050. The molecule has 0 aliphatic carbocycles. The van der Waals surface area contributed by atoms with Crippen LogP contribution in [0.25, 0.3) is 6.08 Å². The van der Waals surface area contributed by atoms with Crippen LogP contribution in [0.15, 0.2) is 51.9 Å². The van der Waals surface area contributed by atoms with E-state index < -0.39 is 22.6 Å². The number of carbonyl (C=O) groups is 1. The van der Waals surface area contributed by atoms with Crippen LogP contribution in [0.3, 0.4) is 0 Å². The fraction of sp³-hybridized carbons (Fsp3) is 0.483. The van der Waals surface area contributed by atoms with Crippen LogP contribution in [-0.4, -0.2) is 27.7 Å². The van der Waals surface area contributed by atoms with Crippen molar-refractivity contribution >= 4 is 60.5 Å². The number of rotatable bonds is 8. The van der Waals surface area contributed by atoms with E-state index in [9.17, 15) is 4.79 Å². The molecule has 0 bridgehead atoms. The van der Waals surface area contributed by atoms with Gasteiger partial charge in [-0.1, -0.05) is 71.9 Å². The van der Waals surface area contributed by atoms with Crippen LogP contribution in [0, 0.1) is 0 Å². The number of benzene rings is 2. The molecule has 0 radical (unpaired) electrons. The van der Waals surface area contributed by atoms with Crippen molar-refractivity contribution in [2.24, 2.45) is 0 Å². The van der Waals surface area contributed by atoms with Crippen LogP contribution in [0.4, 0.5) is 0 Å². The van der Waals surface area contributed by atoms with Crippen molar-refractivity contribution < 1.29 is 18.8 Å². The minimum atomic E-state index is -1.79. The first-order valence-corrected chi connectivity index (χ1v) is 20.0. The summed E-state index contributed by atoms with van der Waals surface area (Å²) in [7, 11) is -3.58. The number of aliphatic carboxylic acids is 1. The molecule has 0 aliphatic heterocycles. The van der Waals surface area contributed by atoms with Crippen LogP contribution in [0.2, 0.25) is 36.3 Å². The van der Waals surface area contributed by atoms with E-state index in [1.54, 1.807) is 0 Å². The molecule has 0 saturated carbocycles. The normalized spacial score (nSPS) is 12.2. The first-order valence-electron chi connectivity index (χ1n) is 12.6. The maximum Gasteiger partial charge on any atom is 0.303 e. The summed E-state index contributed by atoms with van der Waals surface area (Å²) in [6.07, 6.45) is 2.75. The predicted octanol–water partition coefficient (Wildman–Crippen LogP) is 10.2. The van der Waals surface area contributed by atoms with E-state index in [0.29, 0.717) is 6.42 Å². The van der Waals surface area contributed by atoms with E-state index in [4.69, 9.17) is 14.0 Å². The number of aryl methyl sites for hydroxylation is 1. The fourth-order valence-corrected chi connectivity index (χ4v) is 5.23. The van der Waals surface area contributed by atoms with Gasteiger partial charge in [-0.3, -0.25) is 4.79 Å². The Kier molecular flexibility index (Phi) is 12.4. The molecule has 0 unspecified atom stereocenters. The number of hydrogen-bond donors (Lipinski definition) is 1. The monoisotopic (exact) mass is 670 g/mol. The number of carboxylic acid groups (broad SMARTS) is 1. The smallest absolute Gasteiger partial charge is 0.303 e. The Morgan fingerprint density at radius 1 is 0.838 bits per heavy atom. The second-order valence-electron chi connectivity index (χ2n) is 12.2. The molecule has 0 amide bonds. The van der Waals surface area contributed by atoms with E-state index in [-0.39, 0.29) is 16.5 Å². The molecule has 2 rings (SSSR count). The van der Waals surface area contributed by atoms with Gasteiger partial charge in [0.25, 0.3) is 8.32 Å². The highest BCUT2D eigenvalue weighted by molar-refractivity contribution is 9.28. The molecule has 206 valence electrons. The quantitative estimate of drug-likeness (QED) is 0.284. The van der Waals surface area contributed by atoms with Gasteiger partial charge in [-0.25, -0.2) is 0 Å². The molecule has 0 aromatic heterocycles.